The summed E-state index contributed by atoms with van der Waals surface area (Å²) in [6.45, 7) is 2.90. The second-order valence-electron chi connectivity index (χ2n) is 5.88. The van der Waals surface area contributed by atoms with Crippen molar-refractivity contribution in [3.63, 3.8) is 0 Å². The highest BCUT2D eigenvalue weighted by molar-refractivity contribution is 5.41. The summed E-state index contributed by atoms with van der Waals surface area (Å²) in [6, 6.07) is 3.66. The number of alkyl halides is 3. The Balaban J connectivity index is 1.62. The molecule has 0 aromatic carbocycles. The predicted octanol–water partition coefficient (Wildman–Crippen LogP) is 3.24. The summed E-state index contributed by atoms with van der Waals surface area (Å²) in [5.74, 6) is 0.342. The number of aryl methyl sites for hydroxylation is 1. The fraction of sp³-hybridized carbons (Fsp3) is 0.438. The molecule has 1 unspecified atom stereocenters. The van der Waals surface area contributed by atoms with Gasteiger partial charge in [-0.05, 0) is 19.4 Å². The van der Waals surface area contributed by atoms with Crippen LogP contribution in [-0.4, -0.2) is 34.6 Å². The first-order valence-electron chi connectivity index (χ1n) is 7.73. The van der Waals surface area contributed by atoms with Crippen LogP contribution in [0.3, 0.4) is 0 Å². The smallest absolute Gasteiger partial charge is 0.433 e. The molecule has 3 rings (SSSR count). The molecule has 0 N–H and O–H groups in total. The molecule has 0 bridgehead atoms. The lowest BCUT2D eigenvalue weighted by Crippen LogP contribution is -2.24. The maximum absolute atomic E-state index is 12.9. The summed E-state index contributed by atoms with van der Waals surface area (Å²) in [5, 5.41) is 0. The third kappa shape index (κ3) is 4.34. The SMILES string of the molecule is Cc1nc(N2CCC(COc3ccc(F)cn3)C2)cc(C(F)(F)F)n1. The van der Waals surface area contributed by atoms with Crippen molar-refractivity contribution in [3.05, 3.63) is 41.7 Å². The van der Waals surface area contributed by atoms with E-state index in [0.717, 1.165) is 18.7 Å². The standard InChI is InChI=1S/C16H16F4N4O/c1-10-22-13(16(18,19)20)6-14(23-10)24-5-4-11(8-24)9-25-15-3-2-12(17)7-21-15/h2-3,6-7,11H,4-5,8-9H2,1H3. The number of aromatic nitrogens is 3. The molecule has 2 aromatic rings. The number of nitrogens with zero attached hydrogens (tertiary/aromatic N) is 4. The van der Waals surface area contributed by atoms with E-state index in [4.69, 9.17) is 4.74 Å². The summed E-state index contributed by atoms with van der Waals surface area (Å²) in [7, 11) is 0. The zero-order chi connectivity index (χ0) is 18.0. The van der Waals surface area contributed by atoms with Gasteiger partial charge < -0.3 is 9.64 Å². The maximum Gasteiger partial charge on any atom is 0.433 e. The lowest BCUT2D eigenvalue weighted by atomic mass is 10.1. The molecule has 3 heterocycles. The Bertz CT molecular complexity index is 736. The molecule has 9 heteroatoms. The minimum absolute atomic E-state index is 0.0834. The Hall–Kier alpha value is -2.45. The lowest BCUT2D eigenvalue weighted by molar-refractivity contribution is -0.141. The van der Waals surface area contributed by atoms with Gasteiger partial charge in [0.05, 0.1) is 12.8 Å². The molecule has 25 heavy (non-hydrogen) atoms. The number of pyridine rings is 1. The van der Waals surface area contributed by atoms with Gasteiger partial charge in [-0.25, -0.2) is 19.3 Å². The van der Waals surface area contributed by atoms with E-state index >= 15 is 0 Å². The second-order valence-corrected chi connectivity index (χ2v) is 5.88. The van der Waals surface area contributed by atoms with Crippen LogP contribution in [-0.2, 0) is 6.18 Å². The number of ether oxygens (including phenoxy) is 1. The third-order valence-corrected chi connectivity index (χ3v) is 3.89. The molecule has 0 radical (unpaired) electrons. The van der Waals surface area contributed by atoms with Crippen molar-refractivity contribution in [1.29, 1.82) is 0 Å². The summed E-state index contributed by atoms with van der Waals surface area (Å²) in [6.07, 6.45) is -2.68. The van der Waals surface area contributed by atoms with Gasteiger partial charge in [-0.1, -0.05) is 0 Å². The Morgan fingerprint density at radius 3 is 2.76 bits per heavy atom. The molecule has 5 nitrogen and oxygen atoms in total. The Morgan fingerprint density at radius 2 is 2.08 bits per heavy atom. The minimum Gasteiger partial charge on any atom is -0.477 e. The van der Waals surface area contributed by atoms with Crippen LogP contribution in [0.15, 0.2) is 24.4 Å². The van der Waals surface area contributed by atoms with Gasteiger partial charge in [0.1, 0.15) is 23.2 Å². The molecule has 134 valence electrons. The largest absolute Gasteiger partial charge is 0.477 e. The summed E-state index contributed by atoms with van der Waals surface area (Å²) >= 11 is 0. The van der Waals surface area contributed by atoms with Crippen LogP contribution in [0.1, 0.15) is 17.9 Å². The van der Waals surface area contributed by atoms with Gasteiger partial charge in [-0.3, -0.25) is 0 Å². The Morgan fingerprint density at radius 1 is 1.28 bits per heavy atom. The molecule has 2 aromatic heterocycles. The first-order chi connectivity index (χ1) is 11.8. The van der Waals surface area contributed by atoms with Crippen LogP contribution >= 0.6 is 0 Å². The molecule has 0 spiro atoms. The van der Waals surface area contributed by atoms with E-state index in [1.807, 2.05) is 0 Å². The van der Waals surface area contributed by atoms with E-state index in [9.17, 15) is 17.6 Å². The molecule has 0 saturated carbocycles. The van der Waals surface area contributed by atoms with Crippen LogP contribution in [0.5, 0.6) is 5.88 Å². The van der Waals surface area contributed by atoms with Crippen LogP contribution in [0.25, 0.3) is 0 Å². The fourth-order valence-electron chi connectivity index (χ4n) is 2.69. The molecule has 1 aliphatic rings. The van der Waals surface area contributed by atoms with E-state index in [1.165, 1.54) is 19.1 Å². The predicted molar refractivity (Wildman–Crippen MR) is 81.8 cm³/mol. The zero-order valence-electron chi connectivity index (χ0n) is 13.4. The normalized spacial score (nSPS) is 17.8. The van der Waals surface area contributed by atoms with E-state index in [0.29, 0.717) is 25.6 Å². The average molecular weight is 356 g/mol. The molecule has 0 amide bonds. The van der Waals surface area contributed by atoms with E-state index in [1.54, 1.807) is 4.90 Å². The minimum atomic E-state index is -4.50. The van der Waals surface area contributed by atoms with Crippen molar-refractivity contribution in [2.75, 3.05) is 24.6 Å². The Kier molecular flexibility index (Phi) is 4.73. The molecule has 1 aliphatic heterocycles. The summed E-state index contributed by atoms with van der Waals surface area (Å²) in [5.41, 5.74) is -0.940. The summed E-state index contributed by atoms with van der Waals surface area (Å²) in [4.78, 5) is 13.2. The van der Waals surface area contributed by atoms with Crippen molar-refractivity contribution in [3.8, 4) is 5.88 Å². The van der Waals surface area contributed by atoms with Gasteiger partial charge >= 0.3 is 6.18 Å². The maximum atomic E-state index is 12.9. The zero-order valence-corrected chi connectivity index (χ0v) is 13.4. The lowest BCUT2D eigenvalue weighted by Gasteiger charge is -2.19. The second kappa shape index (κ2) is 6.81. The van der Waals surface area contributed by atoms with Crippen molar-refractivity contribution in [2.24, 2.45) is 5.92 Å². The fourth-order valence-corrected chi connectivity index (χ4v) is 2.69. The molecular formula is C16H16F4N4O. The van der Waals surface area contributed by atoms with Crippen LogP contribution in [0, 0.1) is 18.7 Å². The first-order valence-corrected chi connectivity index (χ1v) is 7.73. The molecule has 1 saturated heterocycles. The number of rotatable bonds is 4. The van der Waals surface area contributed by atoms with Gasteiger partial charge in [0, 0.05) is 31.1 Å². The summed E-state index contributed by atoms with van der Waals surface area (Å²) < 4.78 is 57.0. The van der Waals surface area contributed by atoms with Gasteiger partial charge in [0.2, 0.25) is 5.88 Å². The highest BCUT2D eigenvalue weighted by Crippen LogP contribution is 2.31. The van der Waals surface area contributed by atoms with Gasteiger partial charge in [-0.15, -0.1) is 0 Å². The van der Waals surface area contributed by atoms with Crippen LogP contribution in [0.4, 0.5) is 23.4 Å². The third-order valence-electron chi connectivity index (χ3n) is 3.89. The van der Waals surface area contributed by atoms with E-state index in [2.05, 4.69) is 15.0 Å². The van der Waals surface area contributed by atoms with Crippen LogP contribution < -0.4 is 9.64 Å². The van der Waals surface area contributed by atoms with Crippen molar-refractivity contribution >= 4 is 5.82 Å². The molecule has 1 fully saturated rings. The molecule has 1 atom stereocenters. The average Bonchev–Trinajstić information content (AvgIpc) is 3.02. The number of hydrogen-bond donors (Lipinski definition) is 0. The van der Waals surface area contributed by atoms with Gasteiger partial charge in [0.25, 0.3) is 0 Å². The quantitative estimate of drug-likeness (QED) is 0.787. The number of hydrogen-bond acceptors (Lipinski definition) is 5. The Labute approximate surface area is 141 Å². The number of anilines is 1. The van der Waals surface area contributed by atoms with Crippen LogP contribution in [0.2, 0.25) is 0 Å². The van der Waals surface area contributed by atoms with E-state index < -0.39 is 17.7 Å². The highest BCUT2D eigenvalue weighted by atomic mass is 19.4. The van der Waals surface area contributed by atoms with Crippen molar-refractivity contribution in [2.45, 2.75) is 19.5 Å². The monoisotopic (exact) mass is 356 g/mol. The highest BCUT2D eigenvalue weighted by Gasteiger charge is 2.34. The van der Waals surface area contributed by atoms with Crippen molar-refractivity contribution < 1.29 is 22.3 Å². The molecular weight excluding hydrogens is 340 g/mol. The number of halogens is 4. The van der Waals surface area contributed by atoms with Gasteiger partial charge in [0.15, 0.2) is 0 Å². The molecule has 0 aliphatic carbocycles. The first kappa shape index (κ1) is 17.4. The van der Waals surface area contributed by atoms with Crippen molar-refractivity contribution in [1.82, 2.24) is 15.0 Å². The van der Waals surface area contributed by atoms with E-state index in [-0.39, 0.29) is 17.6 Å². The van der Waals surface area contributed by atoms with Gasteiger partial charge in [-0.2, -0.15) is 13.2 Å². The topological polar surface area (TPSA) is 51.1 Å².